The Morgan fingerprint density at radius 1 is 1.07 bits per heavy atom. The largest absolute Gasteiger partial charge is 0.497 e. The van der Waals surface area contributed by atoms with Crippen molar-refractivity contribution in [3.05, 3.63) is 54.4 Å². The van der Waals surface area contributed by atoms with E-state index in [4.69, 9.17) is 18.7 Å². The second kappa shape index (κ2) is 8.90. The van der Waals surface area contributed by atoms with E-state index < -0.39 is 6.10 Å². The molecule has 1 atom stereocenters. The first kappa shape index (κ1) is 19.2. The van der Waals surface area contributed by atoms with E-state index in [2.05, 4.69) is 15.5 Å². The van der Waals surface area contributed by atoms with Crippen molar-refractivity contribution in [1.29, 1.82) is 0 Å². The van der Waals surface area contributed by atoms with Crippen molar-refractivity contribution in [3.8, 4) is 28.6 Å². The predicted octanol–water partition coefficient (Wildman–Crippen LogP) is 2.84. The van der Waals surface area contributed by atoms with Crippen molar-refractivity contribution < 1.29 is 23.5 Å². The number of ether oxygens (including phenoxy) is 3. The molecule has 0 radical (unpaired) electrons. The van der Waals surface area contributed by atoms with Crippen LogP contribution in [-0.4, -0.2) is 36.4 Å². The van der Waals surface area contributed by atoms with Crippen LogP contribution in [0.2, 0.25) is 0 Å². The third kappa shape index (κ3) is 4.59. The number of carbonyl (C=O) groups excluding carboxylic acids is 1. The van der Waals surface area contributed by atoms with Crippen molar-refractivity contribution >= 4 is 5.91 Å². The van der Waals surface area contributed by atoms with Gasteiger partial charge in [-0.3, -0.25) is 4.79 Å². The van der Waals surface area contributed by atoms with E-state index in [1.54, 1.807) is 33.3 Å². The number of carbonyl (C=O) groups is 1. The fourth-order valence-electron chi connectivity index (χ4n) is 2.45. The van der Waals surface area contributed by atoms with E-state index in [9.17, 15) is 4.79 Å². The van der Waals surface area contributed by atoms with Gasteiger partial charge in [0.15, 0.2) is 17.6 Å². The summed E-state index contributed by atoms with van der Waals surface area (Å²) in [5.74, 6) is 2.21. The standard InChI is InChI=1S/C20H21N3O5/c1-13(27-17-7-5-4-6-16(17)26-3)20(24)21-12-18-22-19(23-28-18)14-8-10-15(25-2)11-9-14/h4-11,13H,12H2,1-3H3,(H,21,24)/t13-/m0/s1. The molecular weight excluding hydrogens is 362 g/mol. The average Bonchev–Trinajstić information content (AvgIpc) is 3.21. The third-order valence-electron chi connectivity index (χ3n) is 3.97. The highest BCUT2D eigenvalue weighted by molar-refractivity contribution is 5.80. The fraction of sp³-hybridized carbons (Fsp3) is 0.250. The number of amides is 1. The van der Waals surface area contributed by atoms with Gasteiger partial charge in [0.1, 0.15) is 5.75 Å². The van der Waals surface area contributed by atoms with E-state index in [-0.39, 0.29) is 12.5 Å². The number of methoxy groups -OCH3 is 2. The number of hydrogen-bond donors (Lipinski definition) is 1. The monoisotopic (exact) mass is 383 g/mol. The molecule has 0 fully saturated rings. The molecule has 2 aromatic carbocycles. The topological polar surface area (TPSA) is 95.7 Å². The number of hydrogen-bond acceptors (Lipinski definition) is 7. The molecule has 0 aliphatic heterocycles. The molecule has 0 bridgehead atoms. The van der Waals surface area contributed by atoms with Crippen molar-refractivity contribution in [2.75, 3.05) is 14.2 Å². The molecule has 0 unspecified atom stereocenters. The molecular formula is C20H21N3O5. The van der Waals surface area contributed by atoms with E-state index >= 15 is 0 Å². The molecule has 1 N–H and O–H groups in total. The van der Waals surface area contributed by atoms with E-state index in [1.165, 1.54) is 0 Å². The number of rotatable bonds is 8. The van der Waals surface area contributed by atoms with Gasteiger partial charge < -0.3 is 24.1 Å². The van der Waals surface area contributed by atoms with Gasteiger partial charge in [0.2, 0.25) is 11.7 Å². The van der Waals surface area contributed by atoms with Crippen molar-refractivity contribution in [2.45, 2.75) is 19.6 Å². The van der Waals surface area contributed by atoms with Crippen LogP contribution in [0.5, 0.6) is 17.2 Å². The maximum absolute atomic E-state index is 12.3. The quantitative estimate of drug-likeness (QED) is 0.639. The molecule has 1 aromatic heterocycles. The summed E-state index contributed by atoms with van der Waals surface area (Å²) in [7, 11) is 3.14. The van der Waals surface area contributed by atoms with Gasteiger partial charge in [0, 0.05) is 5.56 Å². The summed E-state index contributed by atoms with van der Waals surface area (Å²) in [5, 5.41) is 6.65. The molecule has 1 heterocycles. The zero-order chi connectivity index (χ0) is 19.9. The minimum absolute atomic E-state index is 0.0988. The lowest BCUT2D eigenvalue weighted by Crippen LogP contribution is -2.36. The molecule has 0 aliphatic carbocycles. The fourth-order valence-corrected chi connectivity index (χ4v) is 2.45. The van der Waals surface area contributed by atoms with Crippen LogP contribution in [0, 0.1) is 0 Å². The SMILES string of the molecule is COc1ccc(-c2noc(CNC(=O)[C@H](C)Oc3ccccc3OC)n2)cc1. The van der Waals surface area contributed by atoms with E-state index in [0.717, 1.165) is 11.3 Å². The molecule has 0 aliphatic rings. The summed E-state index contributed by atoms with van der Waals surface area (Å²) in [6.07, 6.45) is -0.722. The van der Waals surface area contributed by atoms with Crippen molar-refractivity contribution in [3.63, 3.8) is 0 Å². The number of para-hydroxylation sites is 2. The van der Waals surface area contributed by atoms with Crippen LogP contribution in [0.3, 0.4) is 0 Å². The molecule has 8 nitrogen and oxygen atoms in total. The Labute approximate surface area is 162 Å². The third-order valence-corrected chi connectivity index (χ3v) is 3.97. The first-order chi connectivity index (χ1) is 13.6. The smallest absolute Gasteiger partial charge is 0.261 e. The van der Waals surface area contributed by atoms with E-state index in [0.29, 0.717) is 23.2 Å². The van der Waals surface area contributed by atoms with Crippen molar-refractivity contribution in [2.24, 2.45) is 0 Å². The zero-order valence-electron chi connectivity index (χ0n) is 15.8. The van der Waals surface area contributed by atoms with Crippen LogP contribution in [0.15, 0.2) is 53.1 Å². The van der Waals surface area contributed by atoms with Gasteiger partial charge in [-0.15, -0.1) is 0 Å². The van der Waals surface area contributed by atoms with Crippen LogP contribution in [0.1, 0.15) is 12.8 Å². The lowest BCUT2D eigenvalue weighted by Gasteiger charge is -2.16. The van der Waals surface area contributed by atoms with Gasteiger partial charge in [-0.2, -0.15) is 4.98 Å². The van der Waals surface area contributed by atoms with Gasteiger partial charge in [0.25, 0.3) is 5.91 Å². The minimum Gasteiger partial charge on any atom is -0.497 e. The Bertz CT molecular complexity index is 924. The molecule has 146 valence electrons. The van der Waals surface area contributed by atoms with Crippen LogP contribution in [0.4, 0.5) is 0 Å². The lowest BCUT2D eigenvalue weighted by molar-refractivity contribution is -0.127. The number of benzene rings is 2. The first-order valence-corrected chi connectivity index (χ1v) is 8.65. The molecule has 0 saturated heterocycles. The normalized spacial score (nSPS) is 11.5. The first-order valence-electron chi connectivity index (χ1n) is 8.65. The van der Waals surface area contributed by atoms with Crippen LogP contribution >= 0.6 is 0 Å². The Kier molecular flexibility index (Phi) is 6.11. The summed E-state index contributed by atoms with van der Waals surface area (Å²) in [5.41, 5.74) is 0.787. The predicted molar refractivity (Wildman–Crippen MR) is 101 cm³/mol. The van der Waals surface area contributed by atoms with Gasteiger partial charge in [-0.25, -0.2) is 0 Å². The van der Waals surface area contributed by atoms with Crippen LogP contribution in [0.25, 0.3) is 11.4 Å². The highest BCUT2D eigenvalue weighted by Gasteiger charge is 2.18. The molecule has 1 amide bonds. The Morgan fingerprint density at radius 2 is 1.79 bits per heavy atom. The Balaban J connectivity index is 1.56. The molecule has 8 heteroatoms. The van der Waals surface area contributed by atoms with Gasteiger partial charge >= 0.3 is 0 Å². The average molecular weight is 383 g/mol. The summed E-state index contributed by atoms with van der Waals surface area (Å²) in [6.45, 7) is 1.75. The minimum atomic E-state index is -0.722. The Hall–Kier alpha value is -3.55. The second-order valence-corrected chi connectivity index (χ2v) is 5.87. The highest BCUT2D eigenvalue weighted by Crippen LogP contribution is 2.26. The number of aromatic nitrogens is 2. The molecule has 0 saturated carbocycles. The van der Waals surface area contributed by atoms with E-state index in [1.807, 2.05) is 36.4 Å². The lowest BCUT2D eigenvalue weighted by atomic mass is 10.2. The summed E-state index contributed by atoms with van der Waals surface area (Å²) < 4.78 is 21.2. The summed E-state index contributed by atoms with van der Waals surface area (Å²) in [4.78, 5) is 16.6. The number of nitrogens with zero attached hydrogens (tertiary/aromatic N) is 2. The van der Waals surface area contributed by atoms with Gasteiger partial charge in [0.05, 0.1) is 20.8 Å². The number of nitrogens with one attached hydrogen (secondary N) is 1. The molecule has 0 spiro atoms. The molecule has 28 heavy (non-hydrogen) atoms. The van der Waals surface area contributed by atoms with Crippen LogP contribution in [-0.2, 0) is 11.3 Å². The summed E-state index contributed by atoms with van der Waals surface area (Å²) in [6, 6.07) is 14.4. The zero-order valence-corrected chi connectivity index (χ0v) is 15.8. The maximum Gasteiger partial charge on any atom is 0.261 e. The second-order valence-electron chi connectivity index (χ2n) is 5.87. The van der Waals surface area contributed by atoms with Gasteiger partial charge in [-0.05, 0) is 43.3 Å². The maximum atomic E-state index is 12.3. The highest BCUT2D eigenvalue weighted by atomic mass is 16.5. The van der Waals surface area contributed by atoms with Crippen LogP contribution < -0.4 is 19.5 Å². The molecule has 3 aromatic rings. The summed E-state index contributed by atoms with van der Waals surface area (Å²) >= 11 is 0. The van der Waals surface area contributed by atoms with Crippen molar-refractivity contribution in [1.82, 2.24) is 15.5 Å². The molecule has 3 rings (SSSR count). The Morgan fingerprint density at radius 3 is 2.46 bits per heavy atom. The van der Waals surface area contributed by atoms with Gasteiger partial charge in [-0.1, -0.05) is 17.3 Å².